The molecule has 2 unspecified atom stereocenters. The summed E-state index contributed by atoms with van der Waals surface area (Å²) in [6.45, 7) is 6.62. The van der Waals surface area contributed by atoms with Crippen molar-refractivity contribution in [1.29, 1.82) is 0 Å². The number of nitrogens with one attached hydrogen (secondary N) is 1. The third kappa shape index (κ3) is 5.57. The molecule has 1 aromatic rings. The first-order chi connectivity index (χ1) is 13.3. The Kier molecular flexibility index (Phi) is 8.23. The molecule has 0 aliphatic carbocycles. The summed E-state index contributed by atoms with van der Waals surface area (Å²) in [4.78, 5) is 28.4. The predicted molar refractivity (Wildman–Crippen MR) is 122 cm³/mol. The van der Waals surface area contributed by atoms with Crippen molar-refractivity contribution in [1.82, 2.24) is 10.2 Å². The molecular formula is C21H27Cl2N3O2S. The van der Waals surface area contributed by atoms with E-state index in [1.807, 2.05) is 42.2 Å². The summed E-state index contributed by atoms with van der Waals surface area (Å²) in [5.41, 5.74) is 7.58. The molecule has 2 heterocycles. The van der Waals surface area contributed by atoms with E-state index in [4.69, 9.17) is 17.3 Å². The maximum Gasteiger partial charge on any atom is 0.252 e. The Morgan fingerprint density at radius 3 is 2.59 bits per heavy atom. The van der Waals surface area contributed by atoms with E-state index in [2.05, 4.69) is 19.2 Å². The highest BCUT2D eigenvalue weighted by Gasteiger charge is 2.39. The van der Waals surface area contributed by atoms with Gasteiger partial charge in [0.15, 0.2) is 5.78 Å². The number of ketones is 1. The second-order valence-corrected chi connectivity index (χ2v) is 9.19. The maximum absolute atomic E-state index is 12.8. The molecule has 2 aliphatic heterocycles. The summed E-state index contributed by atoms with van der Waals surface area (Å²) in [5.74, 6) is 0.733. The van der Waals surface area contributed by atoms with Gasteiger partial charge in [-0.3, -0.25) is 9.59 Å². The van der Waals surface area contributed by atoms with Crippen molar-refractivity contribution >= 4 is 47.5 Å². The van der Waals surface area contributed by atoms with Crippen molar-refractivity contribution in [3.8, 4) is 0 Å². The molecule has 0 aromatic heterocycles. The molecule has 1 fully saturated rings. The van der Waals surface area contributed by atoms with Gasteiger partial charge >= 0.3 is 0 Å². The maximum atomic E-state index is 12.8. The molecule has 29 heavy (non-hydrogen) atoms. The minimum absolute atomic E-state index is 0. The lowest BCUT2D eigenvalue weighted by Gasteiger charge is -2.39. The number of carbonyl (C=O) groups is 2. The van der Waals surface area contributed by atoms with E-state index in [1.165, 1.54) is 0 Å². The smallest absolute Gasteiger partial charge is 0.252 e. The first kappa shape index (κ1) is 23.8. The van der Waals surface area contributed by atoms with Crippen LogP contribution in [-0.4, -0.2) is 40.5 Å². The zero-order valence-electron chi connectivity index (χ0n) is 16.7. The van der Waals surface area contributed by atoms with E-state index in [0.29, 0.717) is 28.8 Å². The number of rotatable bonds is 5. The lowest BCUT2D eigenvalue weighted by Crippen LogP contribution is -2.52. The van der Waals surface area contributed by atoms with Crippen LogP contribution in [0.1, 0.15) is 26.3 Å². The van der Waals surface area contributed by atoms with Crippen LogP contribution in [0.2, 0.25) is 5.02 Å². The Morgan fingerprint density at radius 1 is 1.31 bits per heavy atom. The van der Waals surface area contributed by atoms with Crippen LogP contribution in [0.5, 0.6) is 0 Å². The molecule has 0 spiro atoms. The van der Waals surface area contributed by atoms with Gasteiger partial charge in [-0.25, -0.2) is 0 Å². The fourth-order valence-electron chi connectivity index (χ4n) is 3.10. The normalized spacial score (nSPS) is 22.3. The van der Waals surface area contributed by atoms with E-state index >= 15 is 0 Å². The number of benzene rings is 1. The first-order valence-electron chi connectivity index (χ1n) is 9.43. The van der Waals surface area contributed by atoms with E-state index in [9.17, 15) is 9.59 Å². The predicted octanol–water partition coefficient (Wildman–Crippen LogP) is 3.52. The number of thioether (sulfide) groups is 1. The van der Waals surface area contributed by atoms with Gasteiger partial charge in [0.2, 0.25) is 0 Å². The Balaban J connectivity index is 0.00000300. The van der Waals surface area contributed by atoms with Crippen molar-refractivity contribution in [2.24, 2.45) is 11.7 Å². The molecular weight excluding hydrogens is 429 g/mol. The Hall–Kier alpha value is -1.47. The molecule has 3 N–H and O–H groups in total. The van der Waals surface area contributed by atoms with Crippen LogP contribution < -0.4 is 11.1 Å². The first-order valence-corrected chi connectivity index (χ1v) is 10.8. The number of nitrogens with two attached hydrogens (primary N) is 1. The monoisotopic (exact) mass is 455 g/mol. The van der Waals surface area contributed by atoms with Crippen molar-refractivity contribution < 1.29 is 9.59 Å². The van der Waals surface area contributed by atoms with Gasteiger partial charge in [0, 0.05) is 34.5 Å². The molecule has 0 radical (unpaired) electrons. The second kappa shape index (κ2) is 10.0. The number of nitrogens with zero attached hydrogens (tertiary/aromatic N) is 1. The van der Waals surface area contributed by atoms with E-state index in [1.54, 1.807) is 18.0 Å². The van der Waals surface area contributed by atoms with Crippen molar-refractivity contribution in [2.45, 2.75) is 45.4 Å². The van der Waals surface area contributed by atoms with Crippen molar-refractivity contribution in [2.75, 3.05) is 5.75 Å². The van der Waals surface area contributed by atoms with Crippen molar-refractivity contribution in [3.63, 3.8) is 0 Å². The molecule has 3 atom stereocenters. The Bertz CT molecular complexity index is 824. The SMILES string of the molecule is CC(C)C(C)NC(=O)C1=CN(Cc2ccc(Cl)cc2)C2C(=O)[C@@H](N)CSC2=C1.Cl. The molecule has 2 aliphatic rings. The number of carbonyl (C=O) groups excluding carboxylic acids is 2. The summed E-state index contributed by atoms with van der Waals surface area (Å²) in [6, 6.07) is 6.62. The van der Waals surface area contributed by atoms with Gasteiger partial charge in [0.05, 0.1) is 11.6 Å². The fourth-order valence-corrected chi connectivity index (χ4v) is 4.38. The van der Waals surface area contributed by atoms with Crippen LogP contribution in [0.25, 0.3) is 0 Å². The summed E-state index contributed by atoms with van der Waals surface area (Å²) in [7, 11) is 0. The van der Waals surface area contributed by atoms with Gasteiger partial charge in [-0.1, -0.05) is 37.6 Å². The lowest BCUT2D eigenvalue weighted by atomic mass is 9.98. The highest BCUT2D eigenvalue weighted by molar-refractivity contribution is 8.03. The molecule has 1 aromatic carbocycles. The Morgan fingerprint density at radius 2 is 1.97 bits per heavy atom. The summed E-state index contributed by atoms with van der Waals surface area (Å²) in [5, 5.41) is 3.70. The van der Waals surface area contributed by atoms with E-state index in [0.717, 1.165) is 10.5 Å². The molecule has 158 valence electrons. The molecule has 1 saturated heterocycles. The average molecular weight is 456 g/mol. The standard InChI is InChI=1S/C21H26ClN3O2S.ClH/c1-12(2)13(3)24-21(27)15-8-18-19(20(26)17(23)11-28-18)25(10-15)9-14-4-6-16(22)7-5-14;/h4-8,10,12-13,17,19H,9,11,23H2,1-3H3,(H,24,27);1H/t13?,17-,19?;/m0./s1. The molecule has 0 bridgehead atoms. The van der Waals surface area contributed by atoms with Crippen LogP contribution in [0, 0.1) is 5.92 Å². The van der Waals surface area contributed by atoms with Crippen molar-refractivity contribution in [3.05, 3.63) is 57.6 Å². The van der Waals surface area contributed by atoms with Crippen LogP contribution in [0.4, 0.5) is 0 Å². The topological polar surface area (TPSA) is 75.4 Å². The summed E-state index contributed by atoms with van der Waals surface area (Å²) < 4.78 is 0. The van der Waals surface area contributed by atoms with Gasteiger partial charge in [0.25, 0.3) is 5.91 Å². The third-order valence-corrected chi connectivity index (χ3v) is 6.62. The zero-order chi connectivity index (χ0) is 20.4. The van der Waals surface area contributed by atoms with Crippen LogP contribution in [0.15, 0.2) is 47.0 Å². The summed E-state index contributed by atoms with van der Waals surface area (Å²) in [6.07, 6.45) is 3.61. The molecule has 5 nitrogen and oxygen atoms in total. The minimum atomic E-state index is -0.496. The molecule has 1 amide bonds. The second-order valence-electron chi connectivity index (χ2n) is 7.66. The van der Waals surface area contributed by atoms with E-state index < -0.39 is 12.1 Å². The van der Waals surface area contributed by atoms with Crippen LogP contribution >= 0.6 is 35.8 Å². The van der Waals surface area contributed by atoms with Gasteiger partial charge in [-0.15, -0.1) is 24.2 Å². The molecule has 0 saturated carbocycles. The highest BCUT2D eigenvalue weighted by Crippen LogP contribution is 2.35. The number of fused-ring (bicyclic) bond motifs is 1. The number of Topliss-reactive ketones (excluding diaryl/α,β-unsaturated/α-hetero) is 1. The fraction of sp³-hybridized carbons (Fsp3) is 0.429. The number of halogens is 2. The van der Waals surface area contributed by atoms with E-state index in [-0.39, 0.29) is 30.1 Å². The summed E-state index contributed by atoms with van der Waals surface area (Å²) >= 11 is 7.54. The highest BCUT2D eigenvalue weighted by atomic mass is 35.5. The van der Waals surface area contributed by atoms with Gasteiger partial charge in [0.1, 0.15) is 6.04 Å². The number of hydrogen-bond acceptors (Lipinski definition) is 5. The Labute approximate surface area is 187 Å². The number of hydrogen-bond donors (Lipinski definition) is 2. The van der Waals surface area contributed by atoms with Gasteiger partial charge in [-0.05, 0) is 36.6 Å². The van der Waals surface area contributed by atoms with Gasteiger partial charge in [-0.2, -0.15) is 0 Å². The third-order valence-electron chi connectivity index (χ3n) is 5.17. The molecule has 8 heteroatoms. The van der Waals surface area contributed by atoms with Gasteiger partial charge < -0.3 is 16.0 Å². The minimum Gasteiger partial charge on any atom is -0.358 e. The molecule has 3 rings (SSSR count). The van der Waals surface area contributed by atoms with Crippen LogP contribution in [0.3, 0.4) is 0 Å². The largest absolute Gasteiger partial charge is 0.358 e. The lowest BCUT2D eigenvalue weighted by molar-refractivity contribution is -0.123. The zero-order valence-corrected chi connectivity index (χ0v) is 19.1. The van der Waals surface area contributed by atoms with Crippen LogP contribution in [-0.2, 0) is 16.1 Å². The quantitative estimate of drug-likeness (QED) is 0.709. The average Bonchev–Trinajstić information content (AvgIpc) is 2.66. The number of amides is 1.